The summed E-state index contributed by atoms with van der Waals surface area (Å²) in [5.74, 6) is -0.0743. The first-order valence-electron chi connectivity index (χ1n) is 5.84. The maximum atomic E-state index is 12.3. The number of aryl methyl sites for hydroxylation is 3. The van der Waals surface area contributed by atoms with E-state index in [0.717, 1.165) is 16.7 Å². The highest BCUT2D eigenvalue weighted by Crippen LogP contribution is 2.17. The van der Waals surface area contributed by atoms with Gasteiger partial charge in [0.05, 0.1) is 12.2 Å². The number of ketones is 1. The third kappa shape index (κ3) is 2.49. The van der Waals surface area contributed by atoms with Crippen LogP contribution in [-0.2, 0) is 7.05 Å². The molecule has 4 heteroatoms. The average Bonchev–Trinajstić information content (AvgIpc) is 2.72. The maximum absolute atomic E-state index is 12.3. The summed E-state index contributed by atoms with van der Waals surface area (Å²) >= 11 is 0. The Morgan fingerprint density at radius 3 is 2.39 bits per heavy atom. The van der Waals surface area contributed by atoms with Gasteiger partial charge in [0.2, 0.25) is 0 Å². The highest BCUT2D eigenvalue weighted by Gasteiger charge is 2.19. The van der Waals surface area contributed by atoms with Crippen molar-refractivity contribution in [1.29, 1.82) is 0 Å². The van der Waals surface area contributed by atoms with E-state index in [1.54, 1.807) is 24.1 Å². The van der Waals surface area contributed by atoms with Crippen molar-refractivity contribution in [3.05, 3.63) is 52.8 Å². The van der Waals surface area contributed by atoms with Crippen LogP contribution in [0.5, 0.6) is 0 Å². The highest BCUT2D eigenvalue weighted by molar-refractivity contribution is 6.00. The number of benzene rings is 1. The molecule has 1 atom stereocenters. The number of nitrogens with two attached hydrogens (primary N) is 1. The molecule has 4 nitrogen and oxygen atoms in total. The Hall–Kier alpha value is -1.94. The topological polar surface area (TPSA) is 60.9 Å². The molecule has 1 aromatic carbocycles. The van der Waals surface area contributed by atoms with E-state index in [-0.39, 0.29) is 5.78 Å². The van der Waals surface area contributed by atoms with Gasteiger partial charge < -0.3 is 5.73 Å². The van der Waals surface area contributed by atoms with E-state index in [4.69, 9.17) is 5.73 Å². The fraction of sp³-hybridized carbons (Fsp3) is 0.286. The lowest BCUT2D eigenvalue weighted by atomic mass is 9.97. The number of carbonyl (C=O) groups is 1. The van der Waals surface area contributed by atoms with Crippen LogP contribution in [0.4, 0.5) is 0 Å². The molecule has 1 unspecified atom stereocenters. The van der Waals surface area contributed by atoms with Gasteiger partial charge in [-0.2, -0.15) is 5.10 Å². The van der Waals surface area contributed by atoms with Crippen molar-refractivity contribution >= 4 is 5.78 Å². The number of Topliss-reactive ketones (excluding diaryl/α,β-unsaturated/α-hetero) is 1. The SMILES string of the molecule is Cc1cc(C)cc(C(=O)C(N)c2cnn(C)c2)c1. The molecule has 0 amide bonds. The van der Waals surface area contributed by atoms with Crippen LogP contribution in [0.15, 0.2) is 30.6 Å². The van der Waals surface area contributed by atoms with Crippen LogP contribution in [0, 0.1) is 13.8 Å². The van der Waals surface area contributed by atoms with Crippen molar-refractivity contribution in [3.63, 3.8) is 0 Å². The van der Waals surface area contributed by atoms with Gasteiger partial charge in [-0.3, -0.25) is 9.48 Å². The van der Waals surface area contributed by atoms with Gasteiger partial charge >= 0.3 is 0 Å². The third-order valence-electron chi connectivity index (χ3n) is 2.87. The zero-order valence-electron chi connectivity index (χ0n) is 10.8. The normalized spacial score (nSPS) is 12.4. The van der Waals surface area contributed by atoms with Gasteiger partial charge in [0.25, 0.3) is 0 Å². The minimum Gasteiger partial charge on any atom is -0.317 e. The summed E-state index contributed by atoms with van der Waals surface area (Å²) in [5.41, 5.74) is 9.51. The van der Waals surface area contributed by atoms with Crippen LogP contribution in [0.2, 0.25) is 0 Å². The van der Waals surface area contributed by atoms with E-state index in [1.165, 1.54) is 0 Å². The zero-order valence-corrected chi connectivity index (χ0v) is 10.8. The van der Waals surface area contributed by atoms with Crippen LogP contribution in [0.3, 0.4) is 0 Å². The van der Waals surface area contributed by atoms with E-state index in [2.05, 4.69) is 5.10 Å². The minimum atomic E-state index is -0.653. The summed E-state index contributed by atoms with van der Waals surface area (Å²) in [6, 6.07) is 5.11. The van der Waals surface area contributed by atoms with Gasteiger partial charge in [-0.05, 0) is 26.0 Å². The summed E-state index contributed by atoms with van der Waals surface area (Å²) < 4.78 is 1.64. The zero-order chi connectivity index (χ0) is 13.3. The van der Waals surface area contributed by atoms with E-state index < -0.39 is 6.04 Å². The molecule has 0 bridgehead atoms. The molecule has 2 rings (SSSR count). The van der Waals surface area contributed by atoms with Crippen LogP contribution >= 0.6 is 0 Å². The summed E-state index contributed by atoms with van der Waals surface area (Å²) in [6.45, 7) is 3.94. The van der Waals surface area contributed by atoms with Crippen LogP contribution < -0.4 is 5.73 Å². The number of aromatic nitrogens is 2. The molecule has 1 aromatic heterocycles. The fourth-order valence-corrected chi connectivity index (χ4v) is 2.05. The molecule has 0 aliphatic heterocycles. The second-order valence-corrected chi connectivity index (χ2v) is 4.67. The number of hydrogen-bond donors (Lipinski definition) is 1. The van der Waals surface area contributed by atoms with Gasteiger partial charge in [0, 0.05) is 24.4 Å². The molecule has 2 N–H and O–H groups in total. The van der Waals surface area contributed by atoms with Crippen LogP contribution in [0.1, 0.15) is 33.1 Å². The third-order valence-corrected chi connectivity index (χ3v) is 2.87. The lowest BCUT2D eigenvalue weighted by Crippen LogP contribution is -2.21. The monoisotopic (exact) mass is 243 g/mol. The summed E-state index contributed by atoms with van der Waals surface area (Å²) in [6.07, 6.45) is 3.40. The second-order valence-electron chi connectivity index (χ2n) is 4.67. The van der Waals surface area contributed by atoms with Gasteiger partial charge in [-0.15, -0.1) is 0 Å². The number of carbonyl (C=O) groups excluding carboxylic acids is 1. The first-order chi connectivity index (χ1) is 8.47. The van der Waals surface area contributed by atoms with E-state index in [0.29, 0.717) is 5.56 Å². The molecule has 0 aliphatic carbocycles. The predicted molar refractivity (Wildman–Crippen MR) is 70.4 cm³/mol. The Balaban J connectivity index is 2.30. The number of rotatable bonds is 3. The maximum Gasteiger partial charge on any atom is 0.184 e. The van der Waals surface area contributed by atoms with Crippen molar-refractivity contribution < 1.29 is 4.79 Å². The van der Waals surface area contributed by atoms with Gasteiger partial charge in [-0.25, -0.2) is 0 Å². The Morgan fingerprint density at radius 2 is 1.89 bits per heavy atom. The van der Waals surface area contributed by atoms with Crippen molar-refractivity contribution in [1.82, 2.24) is 9.78 Å². The lowest BCUT2D eigenvalue weighted by molar-refractivity contribution is 0.0961. The molecular weight excluding hydrogens is 226 g/mol. The summed E-state index contributed by atoms with van der Waals surface area (Å²) in [4.78, 5) is 12.3. The van der Waals surface area contributed by atoms with Crippen LogP contribution in [0.25, 0.3) is 0 Å². The van der Waals surface area contributed by atoms with Crippen molar-refractivity contribution in [2.75, 3.05) is 0 Å². The molecule has 0 fully saturated rings. The highest BCUT2D eigenvalue weighted by atomic mass is 16.1. The summed E-state index contributed by atoms with van der Waals surface area (Å²) in [7, 11) is 1.80. The molecule has 0 radical (unpaired) electrons. The lowest BCUT2D eigenvalue weighted by Gasteiger charge is -2.10. The molecule has 94 valence electrons. The molecule has 0 saturated heterocycles. The van der Waals surface area contributed by atoms with E-state index in [9.17, 15) is 4.79 Å². The number of nitrogens with zero attached hydrogens (tertiary/aromatic N) is 2. The van der Waals surface area contributed by atoms with Crippen LogP contribution in [-0.4, -0.2) is 15.6 Å². The summed E-state index contributed by atoms with van der Waals surface area (Å²) in [5, 5.41) is 4.03. The van der Waals surface area contributed by atoms with Crippen molar-refractivity contribution in [2.45, 2.75) is 19.9 Å². The predicted octanol–water partition coefficient (Wildman–Crippen LogP) is 1.92. The number of hydrogen-bond acceptors (Lipinski definition) is 3. The standard InChI is InChI=1S/C14H17N3O/c1-9-4-10(2)6-11(5-9)14(18)13(15)12-7-16-17(3)8-12/h4-8,13H,15H2,1-3H3. The Morgan fingerprint density at radius 1 is 1.28 bits per heavy atom. The quantitative estimate of drug-likeness (QED) is 0.838. The molecule has 0 saturated carbocycles. The molecule has 2 aromatic rings. The average molecular weight is 243 g/mol. The van der Waals surface area contributed by atoms with E-state index >= 15 is 0 Å². The molecule has 0 spiro atoms. The Labute approximate surface area is 106 Å². The molecule has 1 heterocycles. The first-order valence-corrected chi connectivity index (χ1v) is 5.84. The largest absolute Gasteiger partial charge is 0.317 e. The van der Waals surface area contributed by atoms with Crippen molar-refractivity contribution in [2.24, 2.45) is 12.8 Å². The fourth-order valence-electron chi connectivity index (χ4n) is 2.05. The Bertz CT molecular complexity index is 566. The van der Waals surface area contributed by atoms with Crippen molar-refractivity contribution in [3.8, 4) is 0 Å². The first kappa shape index (κ1) is 12.5. The minimum absolute atomic E-state index is 0.0743. The molecule has 18 heavy (non-hydrogen) atoms. The molecular formula is C14H17N3O. The van der Waals surface area contributed by atoms with Gasteiger partial charge in [0.1, 0.15) is 0 Å². The second kappa shape index (κ2) is 4.74. The van der Waals surface area contributed by atoms with Gasteiger partial charge in [-0.1, -0.05) is 17.2 Å². The smallest absolute Gasteiger partial charge is 0.184 e. The van der Waals surface area contributed by atoms with Gasteiger partial charge in [0.15, 0.2) is 5.78 Å². The van der Waals surface area contributed by atoms with E-state index in [1.807, 2.05) is 32.0 Å². The Kier molecular flexibility index (Phi) is 3.30. The molecule has 0 aliphatic rings.